The average molecular weight is 415 g/mol. The van der Waals surface area contributed by atoms with Crippen molar-refractivity contribution < 1.29 is 4.42 Å². The van der Waals surface area contributed by atoms with Gasteiger partial charge in [-0.2, -0.15) is 0 Å². The van der Waals surface area contributed by atoms with Crippen LogP contribution in [0.3, 0.4) is 0 Å². The van der Waals surface area contributed by atoms with Gasteiger partial charge in [-0.1, -0.05) is 42.5 Å². The smallest absolute Gasteiger partial charge is 0.215 e. The normalized spacial score (nSPS) is 11.8. The first kappa shape index (κ1) is 17.1. The minimum atomic E-state index is 0.681. The average Bonchev–Trinajstić information content (AvgIpc) is 3.53. The molecule has 0 unspecified atom stereocenters. The van der Waals surface area contributed by atoms with Gasteiger partial charge in [0.1, 0.15) is 11.2 Å². The van der Waals surface area contributed by atoms with Crippen molar-refractivity contribution in [2.24, 2.45) is 0 Å². The monoisotopic (exact) mass is 415 g/mol. The highest BCUT2D eigenvalue weighted by molar-refractivity contribution is 6.06. The molecular formula is C26H17N5O. The standard InChI is InChI=1S/C26H17N5O/c1-6-12-23-17(7-1)18-14-13-16(15-24(18)32-23)31(25-27-19-8-2-3-9-20(19)28-25)26-29-21-10-4-5-11-22(21)30-26/h1-15H,(H,27,28)(H,29,30). The number of benzene rings is 4. The Morgan fingerprint density at radius 1 is 0.594 bits per heavy atom. The molecular weight excluding hydrogens is 398 g/mol. The summed E-state index contributed by atoms with van der Waals surface area (Å²) in [6.07, 6.45) is 0. The zero-order chi connectivity index (χ0) is 21.1. The summed E-state index contributed by atoms with van der Waals surface area (Å²) in [4.78, 5) is 18.5. The van der Waals surface area contributed by atoms with Crippen molar-refractivity contribution in [2.45, 2.75) is 0 Å². The SMILES string of the molecule is c1ccc2[nH]c(N(c3ccc4c(c3)oc3ccccc34)c3nc4ccccc4[nH]3)nc2c1. The van der Waals surface area contributed by atoms with Crippen LogP contribution >= 0.6 is 0 Å². The van der Waals surface area contributed by atoms with Crippen LogP contribution in [0.25, 0.3) is 44.0 Å². The Morgan fingerprint density at radius 3 is 1.88 bits per heavy atom. The van der Waals surface area contributed by atoms with Crippen LogP contribution in [0, 0.1) is 0 Å². The molecule has 3 heterocycles. The number of nitrogens with zero attached hydrogens (tertiary/aromatic N) is 3. The van der Waals surface area contributed by atoms with Gasteiger partial charge in [-0.25, -0.2) is 14.9 Å². The van der Waals surface area contributed by atoms with Crippen LogP contribution in [0.5, 0.6) is 0 Å². The van der Waals surface area contributed by atoms with Crippen LogP contribution < -0.4 is 4.90 Å². The lowest BCUT2D eigenvalue weighted by atomic mass is 10.1. The first-order valence-electron chi connectivity index (χ1n) is 10.4. The van der Waals surface area contributed by atoms with Crippen LogP contribution in [-0.4, -0.2) is 19.9 Å². The number of anilines is 3. The molecule has 4 aromatic carbocycles. The first-order chi connectivity index (χ1) is 15.8. The number of hydrogen-bond acceptors (Lipinski definition) is 4. The van der Waals surface area contributed by atoms with Gasteiger partial charge < -0.3 is 14.4 Å². The Bertz CT molecular complexity index is 1620. The summed E-state index contributed by atoms with van der Waals surface area (Å²) in [5, 5.41) is 2.19. The third-order valence-electron chi connectivity index (χ3n) is 5.80. The maximum Gasteiger partial charge on any atom is 0.215 e. The molecule has 6 nitrogen and oxygen atoms in total. The summed E-state index contributed by atoms with van der Waals surface area (Å²) in [6.45, 7) is 0. The summed E-state index contributed by atoms with van der Waals surface area (Å²) in [7, 11) is 0. The zero-order valence-corrected chi connectivity index (χ0v) is 16.9. The number of rotatable bonds is 3. The maximum atomic E-state index is 6.14. The molecule has 2 N–H and O–H groups in total. The lowest BCUT2D eigenvalue weighted by Crippen LogP contribution is -2.13. The topological polar surface area (TPSA) is 73.7 Å². The molecule has 0 radical (unpaired) electrons. The van der Waals surface area contributed by atoms with E-state index in [1.54, 1.807) is 0 Å². The fourth-order valence-corrected chi connectivity index (χ4v) is 4.29. The van der Waals surface area contributed by atoms with Crippen LogP contribution in [-0.2, 0) is 0 Å². The number of imidazole rings is 2. The number of H-pyrrole nitrogens is 2. The van der Waals surface area contributed by atoms with Crippen LogP contribution in [0.4, 0.5) is 17.6 Å². The van der Waals surface area contributed by atoms with E-state index in [2.05, 4.69) is 28.2 Å². The predicted octanol–water partition coefficient (Wildman–Crippen LogP) is 6.81. The third kappa shape index (κ3) is 2.53. The van der Waals surface area contributed by atoms with E-state index in [1.165, 1.54) is 0 Å². The van der Waals surface area contributed by atoms with E-state index in [4.69, 9.17) is 14.4 Å². The summed E-state index contributed by atoms with van der Waals surface area (Å²) in [5.74, 6) is 1.36. The van der Waals surface area contributed by atoms with Gasteiger partial charge in [0.25, 0.3) is 0 Å². The zero-order valence-electron chi connectivity index (χ0n) is 16.9. The van der Waals surface area contributed by atoms with Crippen molar-refractivity contribution in [3.63, 3.8) is 0 Å². The predicted molar refractivity (Wildman–Crippen MR) is 128 cm³/mol. The fourth-order valence-electron chi connectivity index (χ4n) is 4.29. The molecule has 3 aromatic heterocycles. The Hall–Kier alpha value is -4.58. The molecule has 0 spiro atoms. The fraction of sp³-hybridized carbons (Fsp3) is 0. The lowest BCUT2D eigenvalue weighted by molar-refractivity contribution is 0.669. The van der Waals surface area contributed by atoms with Gasteiger partial charge in [-0.3, -0.25) is 0 Å². The molecule has 0 aliphatic rings. The van der Waals surface area contributed by atoms with Gasteiger partial charge in [0.05, 0.1) is 27.8 Å². The highest BCUT2D eigenvalue weighted by atomic mass is 16.3. The minimum absolute atomic E-state index is 0.681. The molecule has 0 fully saturated rings. The molecule has 6 heteroatoms. The molecule has 0 aliphatic heterocycles. The van der Waals surface area contributed by atoms with Gasteiger partial charge in [0.2, 0.25) is 11.9 Å². The molecule has 152 valence electrons. The molecule has 0 saturated carbocycles. The maximum absolute atomic E-state index is 6.14. The van der Waals surface area contributed by atoms with Crippen molar-refractivity contribution in [1.29, 1.82) is 0 Å². The molecule has 0 amide bonds. The second-order valence-electron chi connectivity index (χ2n) is 7.77. The highest BCUT2D eigenvalue weighted by Crippen LogP contribution is 2.37. The molecule has 0 saturated heterocycles. The number of fused-ring (bicyclic) bond motifs is 5. The lowest BCUT2D eigenvalue weighted by Gasteiger charge is -2.19. The van der Waals surface area contributed by atoms with Crippen molar-refractivity contribution in [3.05, 3.63) is 91.0 Å². The number of para-hydroxylation sites is 5. The molecule has 7 rings (SSSR count). The molecule has 0 aliphatic carbocycles. The van der Waals surface area contributed by atoms with Gasteiger partial charge in [0, 0.05) is 16.8 Å². The Kier molecular flexibility index (Phi) is 3.46. The quantitative estimate of drug-likeness (QED) is 0.332. The van der Waals surface area contributed by atoms with Gasteiger partial charge in [-0.15, -0.1) is 0 Å². The first-order valence-corrected chi connectivity index (χ1v) is 10.4. The number of hydrogen-bond donors (Lipinski definition) is 2. The summed E-state index contributed by atoms with van der Waals surface area (Å²) >= 11 is 0. The second kappa shape index (κ2) is 6.46. The van der Waals surface area contributed by atoms with Crippen molar-refractivity contribution in [3.8, 4) is 0 Å². The van der Waals surface area contributed by atoms with E-state index in [-0.39, 0.29) is 0 Å². The molecule has 0 atom stereocenters. The summed E-state index contributed by atoms with van der Waals surface area (Å²) < 4.78 is 6.14. The van der Waals surface area contributed by atoms with Crippen LogP contribution in [0.15, 0.2) is 95.4 Å². The Balaban J connectivity index is 1.47. The summed E-state index contributed by atoms with van der Waals surface area (Å²) in [6, 6.07) is 30.3. The highest BCUT2D eigenvalue weighted by Gasteiger charge is 2.21. The van der Waals surface area contributed by atoms with Gasteiger partial charge in [-0.05, 0) is 42.5 Å². The van der Waals surface area contributed by atoms with Gasteiger partial charge >= 0.3 is 0 Å². The van der Waals surface area contributed by atoms with Crippen molar-refractivity contribution in [1.82, 2.24) is 19.9 Å². The number of aromatic amines is 2. The van der Waals surface area contributed by atoms with E-state index in [0.717, 1.165) is 49.7 Å². The largest absolute Gasteiger partial charge is 0.456 e. The minimum Gasteiger partial charge on any atom is -0.456 e. The van der Waals surface area contributed by atoms with E-state index >= 15 is 0 Å². The molecule has 0 bridgehead atoms. The van der Waals surface area contributed by atoms with Crippen molar-refractivity contribution in [2.75, 3.05) is 4.90 Å². The van der Waals surface area contributed by atoms with E-state index in [9.17, 15) is 0 Å². The van der Waals surface area contributed by atoms with E-state index in [0.29, 0.717) is 11.9 Å². The van der Waals surface area contributed by atoms with Gasteiger partial charge in [0.15, 0.2) is 0 Å². The molecule has 32 heavy (non-hydrogen) atoms. The number of furan rings is 1. The molecule has 7 aromatic rings. The Morgan fingerprint density at radius 2 is 1.19 bits per heavy atom. The second-order valence-corrected chi connectivity index (χ2v) is 7.77. The van der Waals surface area contributed by atoms with Crippen LogP contribution in [0.2, 0.25) is 0 Å². The Labute approximate surface area is 182 Å². The number of aromatic nitrogens is 4. The number of nitrogens with one attached hydrogen (secondary N) is 2. The van der Waals surface area contributed by atoms with Crippen molar-refractivity contribution >= 4 is 61.6 Å². The third-order valence-corrected chi connectivity index (χ3v) is 5.80. The van der Waals surface area contributed by atoms with Crippen LogP contribution in [0.1, 0.15) is 0 Å². The van der Waals surface area contributed by atoms with E-state index < -0.39 is 0 Å². The summed E-state index contributed by atoms with van der Waals surface area (Å²) in [5.41, 5.74) is 6.32. The van der Waals surface area contributed by atoms with E-state index in [1.807, 2.05) is 77.7 Å².